The van der Waals surface area contributed by atoms with E-state index in [0.29, 0.717) is 0 Å². The number of rotatable bonds is 5. The molecule has 1 atom stereocenters. The minimum atomic E-state index is -4.84. The Kier molecular flexibility index (Phi) is 6.65. The number of nitrogens with one attached hydrogen (secondary N) is 2. The van der Waals surface area contributed by atoms with Crippen molar-refractivity contribution in [2.24, 2.45) is 0 Å². The van der Waals surface area contributed by atoms with Crippen LogP contribution < -0.4 is 15.4 Å². The molecule has 7 nitrogen and oxygen atoms in total. The second kappa shape index (κ2) is 8.74. The van der Waals surface area contributed by atoms with Crippen molar-refractivity contribution in [1.82, 2.24) is 10.6 Å². The van der Waals surface area contributed by atoms with Crippen molar-refractivity contribution in [2.45, 2.75) is 51.1 Å². The zero-order valence-corrected chi connectivity index (χ0v) is 14.5. The van der Waals surface area contributed by atoms with Gasteiger partial charge in [0.2, 0.25) is 0 Å². The van der Waals surface area contributed by atoms with Crippen LogP contribution in [0.4, 0.5) is 18.0 Å². The molecule has 2 N–H and O–H groups in total. The van der Waals surface area contributed by atoms with Crippen molar-refractivity contribution in [2.75, 3.05) is 0 Å². The second-order valence-electron chi connectivity index (χ2n) is 6.06. The number of alkyl halides is 3. The molecule has 0 aromatic heterocycles. The van der Waals surface area contributed by atoms with Crippen LogP contribution in [-0.2, 0) is 9.53 Å². The van der Waals surface area contributed by atoms with Crippen LogP contribution in [0.3, 0.4) is 0 Å². The topological polar surface area (TPSA) is 93.7 Å². The number of halogens is 3. The van der Waals surface area contributed by atoms with Crippen LogP contribution in [0.25, 0.3) is 0 Å². The van der Waals surface area contributed by atoms with Crippen LogP contribution in [0.2, 0.25) is 0 Å². The molecule has 1 aliphatic carbocycles. The van der Waals surface area contributed by atoms with Crippen molar-refractivity contribution >= 4 is 17.9 Å². The van der Waals surface area contributed by atoms with E-state index in [1.165, 1.54) is 6.92 Å². The molecule has 1 aromatic rings. The standard InChI is InChI=1S/C17H19F3N2O5/c1-10(14(23)22-16(25)21-12-4-2-3-5-12)26-15(24)11-6-8-13(9-7-11)27-17(18,19)20/h6-10,12H,2-5H2,1H3,(H2,21,22,23,25)/t10-/m1/s1. The van der Waals surface area contributed by atoms with E-state index >= 15 is 0 Å². The van der Waals surface area contributed by atoms with Gasteiger partial charge in [-0.2, -0.15) is 0 Å². The first-order valence-corrected chi connectivity index (χ1v) is 8.32. The van der Waals surface area contributed by atoms with Gasteiger partial charge in [0.25, 0.3) is 5.91 Å². The van der Waals surface area contributed by atoms with Gasteiger partial charge in [-0.05, 0) is 44.0 Å². The lowest BCUT2D eigenvalue weighted by Crippen LogP contribution is -2.47. The molecule has 148 valence electrons. The Morgan fingerprint density at radius 3 is 2.26 bits per heavy atom. The van der Waals surface area contributed by atoms with Crippen LogP contribution in [0.5, 0.6) is 5.75 Å². The monoisotopic (exact) mass is 388 g/mol. The maximum atomic E-state index is 12.1. The highest BCUT2D eigenvalue weighted by Crippen LogP contribution is 2.23. The van der Waals surface area contributed by atoms with E-state index < -0.39 is 36.1 Å². The maximum absolute atomic E-state index is 12.1. The Morgan fingerprint density at radius 2 is 1.70 bits per heavy atom. The summed E-state index contributed by atoms with van der Waals surface area (Å²) in [5, 5.41) is 4.74. The molecular weight excluding hydrogens is 369 g/mol. The normalized spacial score (nSPS) is 15.7. The first-order chi connectivity index (χ1) is 12.6. The third-order valence-corrected chi connectivity index (χ3v) is 3.90. The molecule has 0 radical (unpaired) electrons. The van der Waals surface area contributed by atoms with E-state index in [2.05, 4.69) is 15.4 Å². The van der Waals surface area contributed by atoms with E-state index in [9.17, 15) is 27.6 Å². The predicted octanol–water partition coefficient (Wildman–Crippen LogP) is 2.90. The zero-order valence-electron chi connectivity index (χ0n) is 14.5. The van der Waals surface area contributed by atoms with Crippen molar-refractivity contribution in [3.63, 3.8) is 0 Å². The number of hydrogen-bond acceptors (Lipinski definition) is 5. The van der Waals surface area contributed by atoms with Gasteiger partial charge in [-0.25, -0.2) is 9.59 Å². The van der Waals surface area contributed by atoms with E-state index in [4.69, 9.17) is 4.74 Å². The van der Waals surface area contributed by atoms with Gasteiger partial charge in [-0.3, -0.25) is 10.1 Å². The molecule has 27 heavy (non-hydrogen) atoms. The number of amides is 3. The van der Waals surface area contributed by atoms with Crippen molar-refractivity contribution < 1.29 is 37.0 Å². The summed E-state index contributed by atoms with van der Waals surface area (Å²) < 4.78 is 44.9. The molecule has 0 bridgehead atoms. The second-order valence-corrected chi connectivity index (χ2v) is 6.06. The minimum Gasteiger partial charge on any atom is -0.449 e. The van der Waals surface area contributed by atoms with Crippen molar-refractivity contribution in [1.29, 1.82) is 0 Å². The number of esters is 1. The molecule has 10 heteroatoms. The van der Waals surface area contributed by atoms with Gasteiger partial charge in [0.1, 0.15) is 5.75 Å². The summed E-state index contributed by atoms with van der Waals surface area (Å²) in [4.78, 5) is 35.6. The molecule has 3 amide bonds. The fourth-order valence-corrected chi connectivity index (χ4v) is 2.58. The third kappa shape index (κ3) is 6.80. The lowest BCUT2D eigenvalue weighted by molar-refractivity contribution is -0.274. The number of urea groups is 1. The van der Waals surface area contributed by atoms with Crippen LogP contribution in [-0.4, -0.2) is 36.4 Å². The summed E-state index contributed by atoms with van der Waals surface area (Å²) >= 11 is 0. The van der Waals surface area contributed by atoms with Gasteiger partial charge >= 0.3 is 18.4 Å². The van der Waals surface area contributed by atoms with Gasteiger partial charge < -0.3 is 14.8 Å². The lowest BCUT2D eigenvalue weighted by Gasteiger charge is -2.15. The fraction of sp³-hybridized carbons (Fsp3) is 0.471. The number of carbonyl (C=O) groups excluding carboxylic acids is 3. The van der Waals surface area contributed by atoms with Gasteiger partial charge in [0.05, 0.1) is 5.56 Å². The lowest BCUT2D eigenvalue weighted by atomic mass is 10.2. The summed E-state index contributed by atoms with van der Waals surface area (Å²) in [7, 11) is 0. The highest BCUT2D eigenvalue weighted by atomic mass is 19.4. The largest absolute Gasteiger partial charge is 0.573 e. The SMILES string of the molecule is C[C@@H](OC(=O)c1ccc(OC(F)(F)F)cc1)C(=O)NC(=O)NC1CCCC1. The Balaban J connectivity index is 1.83. The van der Waals surface area contributed by atoms with Crippen LogP contribution in [0.15, 0.2) is 24.3 Å². The molecule has 0 heterocycles. The molecule has 0 saturated heterocycles. The average molecular weight is 388 g/mol. The Hall–Kier alpha value is -2.78. The highest BCUT2D eigenvalue weighted by molar-refractivity contribution is 5.98. The number of hydrogen-bond donors (Lipinski definition) is 2. The van der Waals surface area contributed by atoms with Gasteiger partial charge in [-0.15, -0.1) is 13.2 Å². The Bertz CT molecular complexity index is 685. The molecule has 2 rings (SSSR count). The van der Waals surface area contributed by atoms with Crippen molar-refractivity contribution in [3.05, 3.63) is 29.8 Å². The average Bonchev–Trinajstić information content (AvgIpc) is 3.06. The predicted molar refractivity (Wildman–Crippen MR) is 86.9 cm³/mol. The van der Waals surface area contributed by atoms with E-state index in [0.717, 1.165) is 49.9 Å². The first-order valence-electron chi connectivity index (χ1n) is 8.32. The zero-order chi connectivity index (χ0) is 20.0. The molecule has 0 unspecified atom stereocenters. The van der Waals surface area contributed by atoms with Gasteiger partial charge in [0, 0.05) is 6.04 Å². The first kappa shape index (κ1) is 20.5. The van der Waals surface area contributed by atoms with E-state index in [1.54, 1.807) is 0 Å². The molecule has 0 spiro atoms. The Labute approximate surface area is 153 Å². The van der Waals surface area contributed by atoms with Crippen LogP contribution in [0, 0.1) is 0 Å². The molecular formula is C17H19F3N2O5. The summed E-state index contributed by atoms with van der Waals surface area (Å²) in [5.74, 6) is -2.23. The number of benzene rings is 1. The number of ether oxygens (including phenoxy) is 2. The third-order valence-electron chi connectivity index (χ3n) is 3.90. The summed E-state index contributed by atoms with van der Waals surface area (Å²) in [5.41, 5.74) is -0.0698. The van der Waals surface area contributed by atoms with E-state index in [1.807, 2.05) is 0 Å². The maximum Gasteiger partial charge on any atom is 0.573 e. The fourth-order valence-electron chi connectivity index (χ4n) is 2.58. The molecule has 1 aromatic carbocycles. The quantitative estimate of drug-likeness (QED) is 0.757. The smallest absolute Gasteiger partial charge is 0.449 e. The molecule has 0 aliphatic heterocycles. The Morgan fingerprint density at radius 1 is 1.11 bits per heavy atom. The van der Waals surface area contributed by atoms with Gasteiger partial charge in [-0.1, -0.05) is 12.8 Å². The molecule has 1 aliphatic rings. The summed E-state index contributed by atoms with van der Waals surface area (Å²) in [6.45, 7) is 1.28. The van der Waals surface area contributed by atoms with Gasteiger partial charge in [0.15, 0.2) is 6.10 Å². The minimum absolute atomic E-state index is 0.0214. The van der Waals surface area contributed by atoms with Crippen LogP contribution in [0.1, 0.15) is 43.0 Å². The molecule has 1 fully saturated rings. The highest BCUT2D eigenvalue weighted by Gasteiger charge is 2.31. The summed E-state index contributed by atoms with van der Waals surface area (Å²) in [6, 6.07) is 3.40. The van der Waals surface area contributed by atoms with Crippen molar-refractivity contribution in [3.8, 4) is 5.75 Å². The number of imide groups is 1. The van der Waals surface area contributed by atoms with E-state index in [-0.39, 0.29) is 11.6 Å². The molecule has 1 saturated carbocycles. The van der Waals surface area contributed by atoms with Crippen LogP contribution >= 0.6 is 0 Å². The number of carbonyl (C=O) groups is 3. The summed E-state index contributed by atoms with van der Waals surface area (Å²) in [6.07, 6.45) is -2.38.